The Kier molecular flexibility index (Phi) is 6.36. The lowest BCUT2D eigenvalue weighted by atomic mass is 10.0. The predicted molar refractivity (Wildman–Crippen MR) is 127 cm³/mol. The highest BCUT2D eigenvalue weighted by molar-refractivity contribution is 5.97. The molecule has 1 aromatic heterocycles. The van der Waals surface area contributed by atoms with Gasteiger partial charge in [0.05, 0.1) is 19.6 Å². The van der Waals surface area contributed by atoms with Gasteiger partial charge in [0.2, 0.25) is 11.2 Å². The van der Waals surface area contributed by atoms with Gasteiger partial charge in [-0.15, -0.1) is 0 Å². The number of ketones is 1. The predicted octanol–water partition coefficient (Wildman–Crippen LogP) is 5.49. The first-order valence-electron chi connectivity index (χ1n) is 10.5. The lowest BCUT2D eigenvalue weighted by Gasteiger charge is -2.14. The third-order valence-corrected chi connectivity index (χ3v) is 5.45. The fourth-order valence-corrected chi connectivity index (χ4v) is 3.83. The molecule has 0 saturated carbocycles. The second kappa shape index (κ2) is 9.39. The summed E-state index contributed by atoms with van der Waals surface area (Å²) < 4.78 is 35.8. The smallest absolute Gasteiger partial charge is 0.235 e. The van der Waals surface area contributed by atoms with Gasteiger partial charge in [-0.25, -0.2) is 4.39 Å². The lowest BCUT2D eigenvalue weighted by molar-refractivity contribution is 0.0920. The average molecular weight is 462 g/mol. The molecular weight excluding hydrogens is 439 g/mol. The Hall–Kier alpha value is -4.13. The van der Waals surface area contributed by atoms with Crippen molar-refractivity contribution in [3.8, 4) is 28.6 Å². The first-order valence-corrected chi connectivity index (χ1v) is 10.5. The molecule has 0 amide bonds. The number of aryl methyl sites for hydroxylation is 2. The third kappa shape index (κ3) is 4.37. The van der Waals surface area contributed by atoms with Crippen LogP contribution in [0.4, 0.5) is 4.39 Å². The number of ether oxygens (including phenoxy) is 3. The molecule has 0 N–H and O–H groups in total. The number of hydrogen-bond donors (Lipinski definition) is 0. The Morgan fingerprint density at radius 1 is 0.941 bits per heavy atom. The second-order valence-electron chi connectivity index (χ2n) is 7.83. The summed E-state index contributed by atoms with van der Waals surface area (Å²) in [5, 5.41) is 0.374. The van der Waals surface area contributed by atoms with Crippen molar-refractivity contribution in [2.75, 3.05) is 20.8 Å². The van der Waals surface area contributed by atoms with Crippen molar-refractivity contribution in [3.05, 3.63) is 87.3 Å². The van der Waals surface area contributed by atoms with Crippen molar-refractivity contribution in [2.24, 2.45) is 0 Å². The Balaban J connectivity index is 1.85. The van der Waals surface area contributed by atoms with E-state index in [4.69, 9.17) is 18.6 Å². The Labute approximate surface area is 195 Å². The van der Waals surface area contributed by atoms with Gasteiger partial charge in [0, 0.05) is 11.1 Å². The van der Waals surface area contributed by atoms with Gasteiger partial charge in [-0.2, -0.15) is 0 Å². The van der Waals surface area contributed by atoms with Crippen molar-refractivity contribution in [3.63, 3.8) is 0 Å². The fraction of sp³-hybridized carbons (Fsp3) is 0.185. The minimum absolute atomic E-state index is 0.0952. The van der Waals surface area contributed by atoms with Crippen LogP contribution in [0.25, 0.3) is 22.3 Å². The Morgan fingerprint density at radius 3 is 2.32 bits per heavy atom. The molecule has 6 nitrogen and oxygen atoms in total. The van der Waals surface area contributed by atoms with E-state index in [0.29, 0.717) is 28.0 Å². The SMILES string of the molecule is COc1ccc(-c2oc3cc(C)cc(C)c3c(=O)c2OCC(=O)c2ccc(F)cc2)cc1OC. The molecule has 174 valence electrons. The van der Waals surface area contributed by atoms with E-state index in [1.165, 1.54) is 38.5 Å². The van der Waals surface area contributed by atoms with Crippen LogP contribution < -0.4 is 19.6 Å². The molecule has 0 radical (unpaired) electrons. The number of benzene rings is 3. The number of halogens is 1. The molecular formula is C27H23FO6. The first kappa shape index (κ1) is 23.0. The van der Waals surface area contributed by atoms with E-state index < -0.39 is 23.6 Å². The lowest BCUT2D eigenvalue weighted by Crippen LogP contribution is -2.17. The van der Waals surface area contributed by atoms with E-state index in [-0.39, 0.29) is 17.1 Å². The Morgan fingerprint density at radius 2 is 1.65 bits per heavy atom. The molecule has 3 aromatic carbocycles. The zero-order valence-electron chi connectivity index (χ0n) is 19.2. The average Bonchev–Trinajstić information content (AvgIpc) is 2.82. The van der Waals surface area contributed by atoms with E-state index in [1.807, 2.05) is 19.9 Å². The number of carbonyl (C=O) groups is 1. The first-order chi connectivity index (χ1) is 16.3. The molecule has 0 fully saturated rings. The van der Waals surface area contributed by atoms with Crippen LogP contribution in [0.2, 0.25) is 0 Å². The van der Waals surface area contributed by atoms with Gasteiger partial charge in [0.1, 0.15) is 11.4 Å². The number of methoxy groups -OCH3 is 2. The molecule has 0 aliphatic carbocycles. The summed E-state index contributed by atoms with van der Waals surface area (Å²) in [5.74, 6) is 0.163. The molecule has 7 heteroatoms. The minimum atomic E-state index is -0.450. The van der Waals surface area contributed by atoms with Gasteiger partial charge in [-0.3, -0.25) is 9.59 Å². The maximum Gasteiger partial charge on any atom is 0.235 e. The van der Waals surface area contributed by atoms with Crippen molar-refractivity contribution < 1.29 is 27.8 Å². The molecule has 1 heterocycles. The van der Waals surface area contributed by atoms with E-state index >= 15 is 0 Å². The number of hydrogen-bond acceptors (Lipinski definition) is 6. The van der Waals surface area contributed by atoms with Crippen LogP contribution in [0.15, 0.2) is 63.8 Å². The number of carbonyl (C=O) groups excluding carboxylic acids is 1. The quantitative estimate of drug-likeness (QED) is 0.338. The number of fused-ring (bicyclic) bond motifs is 1. The summed E-state index contributed by atoms with van der Waals surface area (Å²) in [5.41, 5.74) is 2.47. The van der Waals surface area contributed by atoms with Gasteiger partial charge in [-0.05, 0) is 73.5 Å². The van der Waals surface area contributed by atoms with Crippen LogP contribution in [0.3, 0.4) is 0 Å². The molecule has 0 atom stereocenters. The van der Waals surface area contributed by atoms with Gasteiger partial charge in [0.25, 0.3) is 0 Å². The van der Waals surface area contributed by atoms with Crippen molar-refractivity contribution in [2.45, 2.75) is 13.8 Å². The van der Waals surface area contributed by atoms with Crippen molar-refractivity contribution in [1.82, 2.24) is 0 Å². The molecule has 0 aliphatic heterocycles. The molecule has 4 aromatic rings. The van der Waals surface area contributed by atoms with Crippen LogP contribution >= 0.6 is 0 Å². The Bertz CT molecular complexity index is 1440. The fourth-order valence-electron chi connectivity index (χ4n) is 3.83. The summed E-state index contributed by atoms with van der Waals surface area (Å²) >= 11 is 0. The summed E-state index contributed by atoms with van der Waals surface area (Å²) in [6, 6.07) is 13.8. The summed E-state index contributed by atoms with van der Waals surface area (Å²) in [4.78, 5) is 26.2. The van der Waals surface area contributed by atoms with Crippen molar-refractivity contribution >= 4 is 16.8 Å². The summed E-state index contributed by atoms with van der Waals surface area (Å²) in [7, 11) is 3.03. The summed E-state index contributed by atoms with van der Waals surface area (Å²) in [6.45, 7) is 3.30. The second-order valence-corrected chi connectivity index (χ2v) is 7.83. The van der Waals surface area contributed by atoms with E-state index in [1.54, 1.807) is 24.3 Å². The minimum Gasteiger partial charge on any atom is -0.493 e. The maximum atomic E-state index is 13.5. The van der Waals surface area contributed by atoms with E-state index in [9.17, 15) is 14.0 Å². The molecule has 4 rings (SSSR count). The van der Waals surface area contributed by atoms with Crippen LogP contribution in [-0.4, -0.2) is 26.6 Å². The monoisotopic (exact) mass is 462 g/mol. The molecule has 0 saturated heterocycles. The topological polar surface area (TPSA) is 75.0 Å². The highest BCUT2D eigenvalue weighted by Gasteiger charge is 2.22. The number of rotatable bonds is 7. The largest absolute Gasteiger partial charge is 0.493 e. The highest BCUT2D eigenvalue weighted by Crippen LogP contribution is 2.37. The normalized spacial score (nSPS) is 10.9. The highest BCUT2D eigenvalue weighted by atomic mass is 19.1. The van der Waals surface area contributed by atoms with E-state index in [2.05, 4.69) is 0 Å². The number of Topliss-reactive ketones (excluding diaryl/α,β-unsaturated/α-hetero) is 1. The van der Waals surface area contributed by atoms with Gasteiger partial charge >= 0.3 is 0 Å². The van der Waals surface area contributed by atoms with Crippen molar-refractivity contribution in [1.29, 1.82) is 0 Å². The molecule has 0 bridgehead atoms. The van der Waals surface area contributed by atoms with E-state index in [0.717, 1.165) is 11.1 Å². The van der Waals surface area contributed by atoms with Crippen LogP contribution in [0.1, 0.15) is 21.5 Å². The third-order valence-electron chi connectivity index (χ3n) is 5.45. The summed E-state index contributed by atoms with van der Waals surface area (Å²) in [6.07, 6.45) is 0. The maximum absolute atomic E-state index is 13.5. The van der Waals surface area contributed by atoms with Crippen LogP contribution in [0, 0.1) is 19.7 Å². The standard InChI is InChI=1S/C27H23FO6/c1-15-11-16(2)24-23(12-15)34-26(18-7-10-21(31-3)22(13-18)32-4)27(25(24)30)33-14-20(29)17-5-8-19(28)9-6-17/h5-13H,14H2,1-4H3. The zero-order valence-corrected chi connectivity index (χ0v) is 19.2. The molecule has 0 spiro atoms. The zero-order chi connectivity index (χ0) is 24.4. The molecule has 34 heavy (non-hydrogen) atoms. The van der Waals surface area contributed by atoms with Crippen LogP contribution in [0.5, 0.6) is 17.2 Å². The van der Waals surface area contributed by atoms with Crippen LogP contribution in [-0.2, 0) is 0 Å². The van der Waals surface area contributed by atoms with Gasteiger partial charge in [0.15, 0.2) is 29.6 Å². The molecule has 0 aliphatic rings. The molecule has 0 unspecified atom stereocenters. The van der Waals surface area contributed by atoms with Gasteiger partial charge < -0.3 is 18.6 Å². The van der Waals surface area contributed by atoms with Gasteiger partial charge in [-0.1, -0.05) is 6.07 Å².